The summed E-state index contributed by atoms with van der Waals surface area (Å²) in [6.07, 6.45) is 1.01. The van der Waals surface area contributed by atoms with Crippen LogP contribution >= 0.6 is 0 Å². The lowest BCUT2D eigenvalue weighted by Crippen LogP contribution is -2.43. The van der Waals surface area contributed by atoms with Gasteiger partial charge in [0.25, 0.3) is 5.91 Å². The number of sulfone groups is 1. The van der Waals surface area contributed by atoms with Crippen LogP contribution in [0.15, 0.2) is 59.5 Å². The first-order valence-corrected chi connectivity index (χ1v) is 8.04. The molecule has 0 aliphatic heterocycles. The number of hydrogen-bond acceptors (Lipinski definition) is 4. The van der Waals surface area contributed by atoms with Gasteiger partial charge in [-0.05, 0) is 11.6 Å². The van der Waals surface area contributed by atoms with Crippen molar-refractivity contribution in [3.05, 3.63) is 65.7 Å². The van der Waals surface area contributed by atoms with E-state index in [-0.39, 0.29) is 16.0 Å². The maximum absolute atomic E-state index is 11.9. The van der Waals surface area contributed by atoms with E-state index < -0.39 is 21.3 Å². The summed E-state index contributed by atoms with van der Waals surface area (Å²) in [4.78, 5) is 11.7. The smallest absolute Gasteiger partial charge is 0.258 e. The van der Waals surface area contributed by atoms with Gasteiger partial charge in [-0.2, -0.15) is 0 Å². The molecule has 6 heteroatoms. The minimum atomic E-state index is -3.63. The average Bonchev–Trinajstić information content (AvgIpc) is 2.46. The van der Waals surface area contributed by atoms with E-state index in [2.05, 4.69) is 0 Å². The molecule has 0 saturated heterocycles. The summed E-state index contributed by atoms with van der Waals surface area (Å²) in [6.45, 7) is 0. The van der Waals surface area contributed by atoms with E-state index in [1.807, 2.05) is 0 Å². The molecule has 3 N–H and O–H groups in total. The van der Waals surface area contributed by atoms with E-state index in [9.17, 15) is 18.3 Å². The monoisotopic (exact) mass is 305 g/mol. The zero-order valence-corrected chi connectivity index (χ0v) is 12.2. The van der Waals surface area contributed by atoms with Gasteiger partial charge in [0.15, 0.2) is 15.4 Å². The molecule has 0 aromatic heterocycles. The minimum Gasteiger partial charge on any atom is -0.372 e. The standard InChI is InChI=1S/C15H15NO4S/c1-21(19,20)13-10-6-5-9-12(13)15(18,14(16)17)11-7-3-2-4-8-11/h2-10,18H,1H3,(H2,16,17). The fourth-order valence-corrected chi connectivity index (χ4v) is 3.14. The van der Waals surface area contributed by atoms with Crippen molar-refractivity contribution in [3.8, 4) is 0 Å². The normalized spacial score (nSPS) is 14.4. The number of nitrogens with two attached hydrogens (primary N) is 1. The summed E-state index contributed by atoms with van der Waals surface area (Å²) in [5, 5.41) is 10.8. The van der Waals surface area contributed by atoms with Crippen molar-refractivity contribution in [2.75, 3.05) is 6.26 Å². The number of hydrogen-bond donors (Lipinski definition) is 2. The Morgan fingerprint density at radius 3 is 2.10 bits per heavy atom. The molecule has 0 bridgehead atoms. The number of amides is 1. The Labute approximate surface area is 123 Å². The molecule has 2 rings (SSSR count). The second-order valence-electron chi connectivity index (χ2n) is 4.71. The van der Waals surface area contributed by atoms with Crippen LogP contribution in [-0.4, -0.2) is 25.7 Å². The van der Waals surface area contributed by atoms with Crippen molar-refractivity contribution < 1.29 is 18.3 Å². The summed E-state index contributed by atoms with van der Waals surface area (Å²) in [5.41, 5.74) is 3.32. The topological polar surface area (TPSA) is 97.5 Å². The number of primary amides is 1. The van der Waals surface area contributed by atoms with Crippen molar-refractivity contribution in [3.63, 3.8) is 0 Å². The molecule has 21 heavy (non-hydrogen) atoms. The molecule has 1 atom stereocenters. The molecular formula is C15H15NO4S. The Balaban J connectivity index is 2.81. The zero-order valence-electron chi connectivity index (χ0n) is 11.4. The molecule has 0 saturated carbocycles. The molecular weight excluding hydrogens is 290 g/mol. The van der Waals surface area contributed by atoms with Crippen molar-refractivity contribution in [1.29, 1.82) is 0 Å². The van der Waals surface area contributed by atoms with Crippen molar-refractivity contribution >= 4 is 15.7 Å². The van der Waals surface area contributed by atoms with E-state index in [1.165, 1.54) is 30.3 Å². The molecule has 2 aromatic rings. The van der Waals surface area contributed by atoms with Crippen LogP contribution in [0.3, 0.4) is 0 Å². The fourth-order valence-electron chi connectivity index (χ4n) is 2.20. The van der Waals surface area contributed by atoms with Crippen LogP contribution in [-0.2, 0) is 20.2 Å². The first kappa shape index (κ1) is 15.2. The highest BCUT2D eigenvalue weighted by Gasteiger charge is 2.41. The van der Waals surface area contributed by atoms with Crippen LogP contribution in [0.25, 0.3) is 0 Å². The minimum absolute atomic E-state index is 0.0498. The lowest BCUT2D eigenvalue weighted by Gasteiger charge is -2.27. The van der Waals surface area contributed by atoms with Gasteiger partial charge < -0.3 is 10.8 Å². The molecule has 5 nitrogen and oxygen atoms in total. The van der Waals surface area contributed by atoms with Crippen molar-refractivity contribution in [2.45, 2.75) is 10.5 Å². The molecule has 1 unspecified atom stereocenters. The lowest BCUT2D eigenvalue weighted by atomic mass is 9.85. The van der Waals surface area contributed by atoms with Gasteiger partial charge >= 0.3 is 0 Å². The number of benzene rings is 2. The lowest BCUT2D eigenvalue weighted by molar-refractivity contribution is -0.133. The number of rotatable bonds is 4. The maximum atomic E-state index is 11.9. The first-order valence-electron chi connectivity index (χ1n) is 6.15. The molecule has 1 amide bonds. The van der Waals surface area contributed by atoms with Crippen LogP contribution < -0.4 is 5.73 Å². The predicted molar refractivity (Wildman–Crippen MR) is 78.2 cm³/mol. The molecule has 0 aliphatic carbocycles. The van der Waals surface area contributed by atoms with Gasteiger partial charge in [0.1, 0.15) is 0 Å². The first-order chi connectivity index (χ1) is 9.78. The van der Waals surface area contributed by atoms with Crippen LogP contribution in [0.2, 0.25) is 0 Å². The van der Waals surface area contributed by atoms with Crippen LogP contribution in [0, 0.1) is 0 Å². The Morgan fingerprint density at radius 2 is 1.57 bits per heavy atom. The summed E-state index contributed by atoms with van der Waals surface area (Å²) in [5.74, 6) is -1.04. The molecule has 0 fully saturated rings. The SMILES string of the molecule is CS(=O)(=O)c1ccccc1C(O)(C(N)=O)c1ccccc1. The third-order valence-electron chi connectivity index (χ3n) is 3.22. The van der Waals surface area contributed by atoms with Gasteiger partial charge in [-0.15, -0.1) is 0 Å². The highest BCUT2D eigenvalue weighted by atomic mass is 32.2. The van der Waals surface area contributed by atoms with Gasteiger partial charge in [-0.25, -0.2) is 8.42 Å². The number of carbonyl (C=O) groups is 1. The predicted octanol–water partition coefficient (Wildman–Crippen LogP) is 0.811. The van der Waals surface area contributed by atoms with Crippen molar-refractivity contribution in [1.82, 2.24) is 0 Å². The Kier molecular flexibility index (Phi) is 3.85. The van der Waals surface area contributed by atoms with Gasteiger partial charge in [-0.3, -0.25) is 4.79 Å². The summed E-state index contributed by atoms with van der Waals surface area (Å²) < 4.78 is 23.8. The van der Waals surface area contributed by atoms with E-state index >= 15 is 0 Å². The van der Waals surface area contributed by atoms with Gasteiger partial charge in [0.05, 0.1) is 4.90 Å². The van der Waals surface area contributed by atoms with Gasteiger partial charge in [-0.1, -0.05) is 48.5 Å². The Hall–Kier alpha value is -2.18. The molecule has 0 spiro atoms. The number of carbonyl (C=O) groups excluding carboxylic acids is 1. The van der Waals surface area contributed by atoms with Crippen LogP contribution in [0.5, 0.6) is 0 Å². The Bertz CT molecular complexity index is 771. The Morgan fingerprint density at radius 1 is 1.05 bits per heavy atom. The van der Waals surface area contributed by atoms with Crippen LogP contribution in [0.4, 0.5) is 0 Å². The van der Waals surface area contributed by atoms with Gasteiger partial charge in [0, 0.05) is 11.8 Å². The maximum Gasteiger partial charge on any atom is 0.258 e. The average molecular weight is 305 g/mol. The third-order valence-corrected chi connectivity index (χ3v) is 4.38. The quantitative estimate of drug-likeness (QED) is 0.873. The molecule has 110 valence electrons. The molecule has 0 aliphatic rings. The van der Waals surface area contributed by atoms with E-state index in [0.717, 1.165) is 6.26 Å². The highest BCUT2D eigenvalue weighted by molar-refractivity contribution is 7.90. The second-order valence-corrected chi connectivity index (χ2v) is 6.69. The number of aliphatic hydroxyl groups is 1. The fraction of sp³-hybridized carbons (Fsp3) is 0.133. The largest absolute Gasteiger partial charge is 0.372 e. The molecule has 0 radical (unpaired) electrons. The van der Waals surface area contributed by atoms with E-state index in [1.54, 1.807) is 24.3 Å². The van der Waals surface area contributed by atoms with E-state index in [4.69, 9.17) is 5.73 Å². The third kappa shape index (κ3) is 2.68. The molecule has 0 heterocycles. The summed E-state index contributed by atoms with van der Waals surface area (Å²) in [6, 6.07) is 13.8. The second kappa shape index (κ2) is 5.31. The van der Waals surface area contributed by atoms with Gasteiger partial charge in [0.2, 0.25) is 0 Å². The van der Waals surface area contributed by atoms with E-state index in [0.29, 0.717) is 0 Å². The summed E-state index contributed by atoms with van der Waals surface area (Å²) >= 11 is 0. The molecule has 2 aromatic carbocycles. The summed E-state index contributed by atoms with van der Waals surface area (Å²) in [7, 11) is -3.63. The zero-order chi connectivity index (χ0) is 15.7. The highest BCUT2D eigenvalue weighted by Crippen LogP contribution is 2.33. The van der Waals surface area contributed by atoms with Crippen molar-refractivity contribution in [2.24, 2.45) is 5.73 Å². The van der Waals surface area contributed by atoms with Crippen LogP contribution in [0.1, 0.15) is 11.1 Å².